The number of hydrogen-bond donors (Lipinski definition) is 1. The van der Waals surface area contributed by atoms with Gasteiger partial charge in [-0.15, -0.1) is 0 Å². The predicted octanol–water partition coefficient (Wildman–Crippen LogP) is 2.82. The second-order valence-electron chi connectivity index (χ2n) is 8.71. The van der Waals surface area contributed by atoms with Crippen molar-refractivity contribution in [1.82, 2.24) is 9.21 Å². The van der Waals surface area contributed by atoms with Crippen LogP contribution in [0.4, 0.5) is 0 Å². The summed E-state index contributed by atoms with van der Waals surface area (Å²) in [6.07, 6.45) is 3.40. The van der Waals surface area contributed by atoms with Gasteiger partial charge in [0.25, 0.3) is 0 Å². The Morgan fingerprint density at radius 3 is 2.67 bits per heavy atom. The van der Waals surface area contributed by atoms with Crippen LogP contribution in [-0.4, -0.2) is 55.8 Å². The van der Waals surface area contributed by atoms with Gasteiger partial charge in [-0.05, 0) is 42.6 Å². The Bertz CT molecular complexity index is 1030. The molecule has 4 rings (SSSR count). The molecule has 2 aromatic rings. The summed E-state index contributed by atoms with van der Waals surface area (Å²) >= 11 is 0. The molecule has 2 aliphatic rings. The maximum Gasteiger partial charge on any atom is 0.243 e. The molecule has 2 fully saturated rings. The summed E-state index contributed by atoms with van der Waals surface area (Å²) in [5.74, 6) is 0.424. The molecule has 0 bridgehead atoms. The summed E-state index contributed by atoms with van der Waals surface area (Å²) in [5, 5.41) is 1.68. The quantitative estimate of drug-likeness (QED) is 0.765. The van der Waals surface area contributed by atoms with E-state index in [1.807, 2.05) is 44.3 Å². The van der Waals surface area contributed by atoms with Crippen LogP contribution in [0.25, 0.3) is 10.8 Å². The number of hydrogen-bond acceptors (Lipinski definition) is 4. The number of nitrogens with zero attached hydrogens (tertiary/aromatic N) is 2. The highest BCUT2D eigenvalue weighted by Gasteiger charge is 2.48. The lowest BCUT2D eigenvalue weighted by Crippen LogP contribution is -2.48. The zero-order valence-corrected chi connectivity index (χ0v) is 18.5. The van der Waals surface area contributed by atoms with Crippen molar-refractivity contribution in [3.8, 4) is 0 Å². The van der Waals surface area contributed by atoms with Crippen LogP contribution in [-0.2, 0) is 14.8 Å². The molecule has 4 atom stereocenters. The Balaban J connectivity index is 1.56. The van der Waals surface area contributed by atoms with Gasteiger partial charge < -0.3 is 10.6 Å². The summed E-state index contributed by atoms with van der Waals surface area (Å²) < 4.78 is 28.6. The molecule has 0 spiro atoms. The molecular formula is C23H31N3O3S. The Labute approximate surface area is 179 Å². The van der Waals surface area contributed by atoms with Crippen molar-refractivity contribution >= 4 is 26.7 Å². The van der Waals surface area contributed by atoms with Crippen molar-refractivity contribution in [2.24, 2.45) is 17.6 Å². The molecule has 0 unspecified atom stereocenters. The van der Waals surface area contributed by atoms with Crippen molar-refractivity contribution in [2.45, 2.75) is 49.6 Å². The minimum atomic E-state index is -3.60. The molecular weight excluding hydrogens is 398 g/mol. The van der Waals surface area contributed by atoms with E-state index < -0.39 is 16.1 Å². The first kappa shape index (κ1) is 21.3. The van der Waals surface area contributed by atoms with Gasteiger partial charge in [0.2, 0.25) is 15.9 Å². The Kier molecular flexibility index (Phi) is 5.88. The van der Waals surface area contributed by atoms with E-state index in [2.05, 4.69) is 0 Å². The highest BCUT2D eigenvalue weighted by molar-refractivity contribution is 7.89. The van der Waals surface area contributed by atoms with Crippen molar-refractivity contribution in [3.05, 3.63) is 42.5 Å². The molecule has 0 aromatic heterocycles. The number of likely N-dealkylation sites (N-methyl/N-ethyl adjacent to an activating group) is 1. The van der Waals surface area contributed by atoms with Crippen molar-refractivity contribution in [1.29, 1.82) is 0 Å². The van der Waals surface area contributed by atoms with Crippen LogP contribution < -0.4 is 5.73 Å². The Morgan fingerprint density at radius 1 is 1.17 bits per heavy atom. The first-order chi connectivity index (χ1) is 14.3. The second kappa shape index (κ2) is 8.29. The number of nitrogens with two attached hydrogens (primary N) is 1. The number of carbonyl (C=O) groups is 1. The van der Waals surface area contributed by atoms with E-state index in [0.29, 0.717) is 24.4 Å². The molecule has 1 aliphatic heterocycles. The van der Waals surface area contributed by atoms with Gasteiger partial charge in [-0.25, -0.2) is 8.42 Å². The fourth-order valence-corrected chi connectivity index (χ4v) is 7.04. The SMILES string of the molecule is CCC[C@H](N)C(=O)N(C)[C@H]1CC[C@@H]2CN(S(=O)(=O)c3cccc4ccccc34)C[C@@H]21. The van der Waals surface area contributed by atoms with Gasteiger partial charge >= 0.3 is 0 Å². The van der Waals surface area contributed by atoms with Crippen LogP contribution in [0.5, 0.6) is 0 Å². The molecule has 6 nitrogen and oxygen atoms in total. The molecule has 1 saturated carbocycles. The van der Waals surface area contributed by atoms with E-state index in [1.165, 1.54) is 0 Å². The van der Waals surface area contributed by atoms with Gasteiger partial charge in [0, 0.05) is 31.6 Å². The van der Waals surface area contributed by atoms with Crippen LogP contribution in [0, 0.1) is 11.8 Å². The van der Waals surface area contributed by atoms with Crippen LogP contribution in [0.2, 0.25) is 0 Å². The van der Waals surface area contributed by atoms with Gasteiger partial charge in [-0.2, -0.15) is 4.31 Å². The molecule has 2 N–H and O–H groups in total. The van der Waals surface area contributed by atoms with E-state index in [4.69, 9.17) is 5.73 Å². The number of benzene rings is 2. The fourth-order valence-electron chi connectivity index (χ4n) is 5.29. The molecule has 2 aromatic carbocycles. The highest BCUT2D eigenvalue weighted by Crippen LogP contribution is 2.42. The van der Waals surface area contributed by atoms with Crippen LogP contribution in [0.1, 0.15) is 32.6 Å². The summed E-state index contributed by atoms with van der Waals surface area (Å²) in [6.45, 7) is 3.00. The third kappa shape index (κ3) is 3.63. The van der Waals surface area contributed by atoms with Gasteiger partial charge in [0.1, 0.15) is 0 Å². The number of amides is 1. The average Bonchev–Trinajstić information content (AvgIpc) is 3.34. The zero-order valence-electron chi connectivity index (χ0n) is 17.7. The molecule has 1 aliphatic carbocycles. The molecule has 1 saturated heterocycles. The largest absolute Gasteiger partial charge is 0.341 e. The van der Waals surface area contributed by atoms with Crippen LogP contribution >= 0.6 is 0 Å². The average molecular weight is 430 g/mol. The van der Waals surface area contributed by atoms with Gasteiger partial charge in [-0.3, -0.25) is 4.79 Å². The van der Waals surface area contributed by atoms with Gasteiger partial charge in [-0.1, -0.05) is 49.7 Å². The second-order valence-corrected chi connectivity index (χ2v) is 10.6. The van der Waals surface area contributed by atoms with Crippen LogP contribution in [0.3, 0.4) is 0 Å². The molecule has 1 heterocycles. The smallest absolute Gasteiger partial charge is 0.243 e. The van der Waals surface area contributed by atoms with Crippen molar-refractivity contribution in [2.75, 3.05) is 20.1 Å². The maximum atomic E-state index is 13.5. The monoisotopic (exact) mass is 429 g/mol. The number of fused-ring (bicyclic) bond motifs is 2. The highest BCUT2D eigenvalue weighted by atomic mass is 32.2. The lowest BCUT2D eigenvalue weighted by atomic mass is 9.96. The first-order valence-corrected chi connectivity index (χ1v) is 12.3. The van der Waals surface area contributed by atoms with Crippen molar-refractivity contribution in [3.63, 3.8) is 0 Å². The van der Waals surface area contributed by atoms with Gasteiger partial charge in [0.15, 0.2) is 0 Å². The maximum absolute atomic E-state index is 13.5. The van der Waals surface area contributed by atoms with Gasteiger partial charge in [0.05, 0.1) is 10.9 Å². The molecule has 0 radical (unpaired) electrons. The van der Waals surface area contributed by atoms with E-state index >= 15 is 0 Å². The minimum Gasteiger partial charge on any atom is -0.341 e. The van der Waals surface area contributed by atoms with Crippen molar-refractivity contribution < 1.29 is 13.2 Å². The lowest BCUT2D eigenvalue weighted by Gasteiger charge is -2.31. The lowest BCUT2D eigenvalue weighted by molar-refractivity contribution is -0.134. The fraction of sp³-hybridized carbons (Fsp3) is 0.522. The third-order valence-corrected chi connectivity index (χ3v) is 8.80. The normalized spacial score (nSPS) is 25.4. The predicted molar refractivity (Wildman–Crippen MR) is 118 cm³/mol. The molecule has 30 heavy (non-hydrogen) atoms. The number of carbonyl (C=O) groups excluding carboxylic acids is 1. The Morgan fingerprint density at radius 2 is 1.90 bits per heavy atom. The first-order valence-electron chi connectivity index (χ1n) is 10.8. The van der Waals surface area contributed by atoms with E-state index in [9.17, 15) is 13.2 Å². The molecule has 1 amide bonds. The van der Waals surface area contributed by atoms with E-state index in [-0.39, 0.29) is 23.8 Å². The summed E-state index contributed by atoms with van der Waals surface area (Å²) in [7, 11) is -1.77. The summed E-state index contributed by atoms with van der Waals surface area (Å²) in [4.78, 5) is 14.9. The number of rotatable bonds is 6. The number of sulfonamides is 1. The zero-order chi connectivity index (χ0) is 21.5. The minimum absolute atomic E-state index is 0.0298. The summed E-state index contributed by atoms with van der Waals surface area (Å²) in [6, 6.07) is 12.6. The van der Waals surface area contributed by atoms with E-state index in [1.54, 1.807) is 21.3 Å². The topological polar surface area (TPSA) is 83.7 Å². The van der Waals surface area contributed by atoms with E-state index in [0.717, 1.165) is 30.0 Å². The summed E-state index contributed by atoms with van der Waals surface area (Å²) in [5.41, 5.74) is 6.06. The molecule has 7 heteroatoms. The molecule has 162 valence electrons. The Hall–Kier alpha value is -1.96. The van der Waals surface area contributed by atoms with Crippen LogP contribution in [0.15, 0.2) is 47.4 Å². The third-order valence-electron chi connectivity index (χ3n) is 6.91. The standard InChI is InChI=1S/C23H31N3O3S/c1-3-7-20(24)23(27)25(2)21-13-12-17-14-26(15-19(17)21)30(28,29)22-11-6-9-16-8-4-5-10-18(16)22/h4-6,8-11,17,19-21H,3,7,12-15,24H2,1-2H3/t17-,19+,20+,21+/m1/s1.